The molecule has 1 unspecified atom stereocenters. The second kappa shape index (κ2) is 6.64. The van der Waals surface area contributed by atoms with Gasteiger partial charge in [0, 0.05) is 0 Å². The molecular formula is C21H18N4O2. The van der Waals surface area contributed by atoms with Crippen molar-refractivity contribution in [2.24, 2.45) is 16.1 Å². The Labute approximate surface area is 157 Å². The lowest BCUT2D eigenvalue weighted by molar-refractivity contribution is -0.118. The summed E-state index contributed by atoms with van der Waals surface area (Å²) in [6, 6.07) is 18.5. The van der Waals surface area contributed by atoms with Gasteiger partial charge >= 0.3 is 0 Å². The van der Waals surface area contributed by atoms with E-state index in [4.69, 9.17) is 0 Å². The molecule has 0 aromatic heterocycles. The monoisotopic (exact) mass is 358 g/mol. The molecule has 0 saturated carbocycles. The van der Waals surface area contributed by atoms with Crippen molar-refractivity contribution in [3.63, 3.8) is 0 Å². The zero-order valence-corrected chi connectivity index (χ0v) is 15.0. The average Bonchev–Trinajstić information content (AvgIpc) is 3.14. The van der Waals surface area contributed by atoms with Gasteiger partial charge in [0.2, 0.25) is 0 Å². The van der Waals surface area contributed by atoms with E-state index in [-0.39, 0.29) is 11.8 Å². The summed E-state index contributed by atoms with van der Waals surface area (Å²) in [6.07, 6.45) is 1.67. The maximum atomic E-state index is 12.9. The summed E-state index contributed by atoms with van der Waals surface area (Å²) in [4.78, 5) is 25.7. The minimum Gasteiger partial charge on any atom is -0.271 e. The molecule has 27 heavy (non-hydrogen) atoms. The Morgan fingerprint density at radius 1 is 0.815 bits per heavy atom. The Balaban J connectivity index is 1.63. The number of hydrogen-bond acceptors (Lipinski definition) is 4. The number of amides is 2. The van der Waals surface area contributed by atoms with Crippen molar-refractivity contribution >= 4 is 34.6 Å². The van der Waals surface area contributed by atoms with Crippen LogP contribution in [0, 0.1) is 5.92 Å². The summed E-state index contributed by atoms with van der Waals surface area (Å²) < 4.78 is 0. The summed E-state index contributed by atoms with van der Waals surface area (Å²) in [5.41, 5.74) is 3.07. The van der Waals surface area contributed by atoms with Crippen LogP contribution in [0.1, 0.15) is 13.8 Å². The fourth-order valence-electron chi connectivity index (χ4n) is 3.15. The number of hydrazone groups is 2. The van der Waals surface area contributed by atoms with Crippen LogP contribution < -0.4 is 10.0 Å². The van der Waals surface area contributed by atoms with E-state index in [0.717, 1.165) is 0 Å². The Kier molecular flexibility index (Phi) is 4.16. The topological polar surface area (TPSA) is 65.3 Å². The van der Waals surface area contributed by atoms with Gasteiger partial charge in [0.1, 0.15) is 0 Å². The number of benzene rings is 2. The van der Waals surface area contributed by atoms with Crippen LogP contribution in [0.4, 0.5) is 11.4 Å². The number of anilines is 2. The number of carbonyl (C=O) groups excluding carboxylic acids is 2. The maximum Gasteiger partial charge on any atom is 0.280 e. The van der Waals surface area contributed by atoms with Gasteiger partial charge < -0.3 is 0 Å². The molecule has 4 rings (SSSR count). The van der Waals surface area contributed by atoms with Crippen LogP contribution in [0.25, 0.3) is 0 Å². The second-order valence-electron chi connectivity index (χ2n) is 6.42. The van der Waals surface area contributed by atoms with Gasteiger partial charge in [0.05, 0.1) is 34.3 Å². The van der Waals surface area contributed by atoms with Crippen LogP contribution in [0.15, 0.2) is 82.5 Å². The van der Waals surface area contributed by atoms with Crippen molar-refractivity contribution in [1.82, 2.24) is 0 Å². The number of para-hydroxylation sites is 2. The molecular weight excluding hydrogens is 340 g/mol. The quantitative estimate of drug-likeness (QED) is 0.790. The van der Waals surface area contributed by atoms with Crippen molar-refractivity contribution in [2.45, 2.75) is 13.8 Å². The van der Waals surface area contributed by atoms with E-state index in [1.807, 2.05) is 60.7 Å². The van der Waals surface area contributed by atoms with Gasteiger partial charge in [-0.2, -0.15) is 20.2 Å². The Bertz CT molecular complexity index is 993. The van der Waals surface area contributed by atoms with Crippen LogP contribution >= 0.6 is 0 Å². The first kappa shape index (κ1) is 16.9. The van der Waals surface area contributed by atoms with Gasteiger partial charge in [0.15, 0.2) is 0 Å². The van der Waals surface area contributed by atoms with Crippen LogP contribution in [-0.2, 0) is 9.59 Å². The van der Waals surface area contributed by atoms with Gasteiger partial charge in [-0.15, -0.1) is 0 Å². The minimum absolute atomic E-state index is 0.176. The standard InChI is InChI=1S/C21H18N4O2/c1-14-18(20(26)24(22-14)16-9-5-3-6-10-16)13-19-15(2)23-25(21(19)27)17-11-7-4-8-12-17/h3-13,18H,1-2H3. The molecule has 2 heterocycles. The first-order valence-corrected chi connectivity index (χ1v) is 8.67. The Hall–Kier alpha value is -3.54. The van der Waals surface area contributed by atoms with E-state index in [1.165, 1.54) is 10.0 Å². The van der Waals surface area contributed by atoms with E-state index >= 15 is 0 Å². The normalized spacial score (nSPS) is 21.1. The Morgan fingerprint density at radius 2 is 1.37 bits per heavy atom. The largest absolute Gasteiger partial charge is 0.280 e. The molecule has 2 aromatic carbocycles. The molecule has 6 nitrogen and oxygen atoms in total. The molecule has 2 aliphatic heterocycles. The molecule has 0 spiro atoms. The molecule has 0 N–H and O–H groups in total. The molecule has 0 aliphatic carbocycles. The molecule has 0 fully saturated rings. The molecule has 1 atom stereocenters. The van der Waals surface area contributed by atoms with Crippen LogP contribution in [0.3, 0.4) is 0 Å². The SMILES string of the molecule is CC1=NN(c2ccccc2)C(=O)C1=CC1C(=O)N(c2ccccc2)N=C1C. The third-order valence-electron chi connectivity index (χ3n) is 4.58. The lowest BCUT2D eigenvalue weighted by Gasteiger charge is -2.13. The maximum absolute atomic E-state index is 12.9. The smallest absolute Gasteiger partial charge is 0.271 e. The molecule has 6 heteroatoms. The van der Waals surface area contributed by atoms with E-state index in [0.29, 0.717) is 28.4 Å². The fraction of sp³-hybridized carbons (Fsp3) is 0.143. The second-order valence-corrected chi connectivity index (χ2v) is 6.42. The van der Waals surface area contributed by atoms with Crippen LogP contribution in [0.5, 0.6) is 0 Å². The molecule has 2 aliphatic rings. The van der Waals surface area contributed by atoms with E-state index in [1.54, 1.807) is 19.9 Å². The van der Waals surface area contributed by atoms with Gasteiger partial charge in [-0.1, -0.05) is 42.5 Å². The third kappa shape index (κ3) is 2.95. The Morgan fingerprint density at radius 3 is 1.96 bits per heavy atom. The van der Waals surface area contributed by atoms with Crippen molar-refractivity contribution in [1.29, 1.82) is 0 Å². The summed E-state index contributed by atoms with van der Waals surface area (Å²) in [6.45, 7) is 3.57. The molecule has 134 valence electrons. The number of rotatable bonds is 3. The van der Waals surface area contributed by atoms with Crippen molar-refractivity contribution in [2.75, 3.05) is 10.0 Å². The molecule has 0 bridgehead atoms. The molecule has 0 radical (unpaired) electrons. The first-order valence-electron chi connectivity index (χ1n) is 8.67. The van der Waals surface area contributed by atoms with Crippen molar-refractivity contribution < 1.29 is 9.59 Å². The predicted octanol–water partition coefficient (Wildman–Crippen LogP) is 3.37. The molecule has 2 aromatic rings. The van der Waals surface area contributed by atoms with E-state index < -0.39 is 5.92 Å². The number of nitrogens with zero attached hydrogens (tertiary/aromatic N) is 4. The zero-order chi connectivity index (χ0) is 19.0. The highest BCUT2D eigenvalue weighted by Gasteiger charge is 2.36. The molecule has 2 amide bonds. The van der Waals surface area contributed by atoms with Gasteiger partial charge in [-0.25, -0.2) is 0 Å². The molecule has 0 saturated heterocycles. The highest BCUT2D eigenvalue weighted by molar-refractivity contribution is 6.30. The predicted molar refractivity (Wildman–Crippen MR) is 106 cm³/mol. The summed E-state index contributed by atoms with van der Waals surface area (Å²) >= 11 is 0. The van der Waals surface area contributed by atoms with Crippen molar-refractivity contribution in [3.05, 3.63) is 72.3 Å². The van der Waals surface area contributed by atoms with Gasteiger partial charge in [0.25, 0.3) is 11.8 Å². The average molecular weight is 358 g/mol. The lowest BCUT2D eigenvalue weighted by Crippen LogP contribution is -2.27. The van der Waals surface area contributed by atoms with Gasteiger partial charge in [-0.05, 0) is 38.1 Å². The highest BCUT2D eigenvalue weighted by atomic mass is 16.2. The first-order chi connectivity index (χ1) is 13.1. The van der Waals surface area contributed by atoms with E-state index in [9.17, 15) is 9.59 Å². The summed E-state index contributed by atoms with van der Waals surface area (Å²) in [5.74, 6) is -0.993. The lowest BCUT2D eigenvalue weighted by atomic mass is 9.98. The van der Waals surface area contributed by atoms with Crippen LogP contribution in [-0.4, -0.2) is 23.2 Å². The number of carbonyl (C=O) groups is 2. The van der Waals surface area contributed by atoms with Crippen LogP contribution in [0.2, 0.25) is 0 Å². The summed E-state index contributed by atoms with van der Waals surface area (Å²) in [7, 11) is 0. The number of hydrogen-bond donors (Lipinski definition) is 0. The zero-order valence-electron chi connectivity index (χ0n) is 15.0. The van der Waals surface area contributed by atoms with Crippen molar-refractivity contribution in [3.8, 4) is 0 Å². The third-order valence-corrected chi connectivity index (χ3v) is 4.58. The fourth-order valence-corrected chi connectivity index (χ4v) is 3.15. The van der Waals surface area contributed by atoms with E-state index in [2.05, 4.69) is 10.2 Å². The highest BCUT2D eigenvalue weighted by Crippen LogP contribution is 2.28. The minimum atomic E-state index is -0.579. The van der Waals surface area contributed by atoms with Gasteiger partial charge in [-0.3, -0.25) is 9.59 Å². The summed E-state index contributed by atoms with van der Waals surface area (Å²) in [5, 5.41) is 11.5.